The second-order valence-corrected chi connectivity index (χ2v) is 4.66. The quantitative estimate of drug-likeness (QED) is 0.857. The highest BCUT2D eigenvalue weighted by molar-refractivity contribution is 5.83. The predicted molar refractivity (Wildman–Crippen MR) is 67.1 cm³/mol. The van der Waals surface area contributed by atoms with Crippen molar-refractivity contribution in [3.63, 3.8) is 0 Å². The first-order valence-electron chi connectivity index (χ1n) is 5.80. The minimum Gasteiger partial charge on any atom is -0.374 e. The maximum absolute atomic E-state index is 13.4. The van der Waals surface area contributed by atoms with Crippen LogP contribution in [0.5, 0.6) is 0 Å². The van der Waals surface area contributed by atoms with E-state index in [0.29, 0.717) is 6.42 Å². The Labute approximate surface area is 110 Å². The Morgan fingerprint density at radius 1 is 1.42 bits per heavy atom. The molecule has 0 bridgehead atoms. The van der Waals surface area contributed by atoms with Crippen LogP contribution < -0.4 is 11.1 Å². The maximum Gasteiger partial charge on any atom is 0.239 e. The first kappa shape index (κ1) is 14.9. The van der Waals surface area contributed by atoms with Gasteiger partial charge in [-0.05, 0) is 24.5 Å². The summed E-state index contributed by atoms with van der Waals surface area (Å²) in [6.07, 6.45) is 0.443. The molecule has 0 saturated heterocycles. The van der Waals surface area contributed by atoms with E-state index in [2.05, 4.69) is 5.32 Å². The molecule has 0 fully saturated rings. The standard InChI is InChI=1S/C13H15F2N3O/c1-7(2)3-12(13(17)19)18-8-4-10(14)9(6-16)11(15)5-8/h4-5,7,12,18H,3H2,1-2H3,(H2,17,19). The highest BCUT2D eigenvalue weighted by Crippen LogP contribution is 2.20. The Morgan fingerprint density at radius 3 is 2.32 bits per heavy atom. The molecule has 3 N–H and O–H groups in total. The zero-order chi connectivity index (χ0) is 14.6. The Balaban J connectivity index is 2.98. The lowest BCUT2D eigenvalue weighted by atomic mass is 10.0. The molecule has 0 aromatic heterocycles. The van der Waals surface area contributed by atoms with Crippen molar-refractivity contribution >= 4 is 11.6 Å². The first-order valence-corrected chi connectivity index (χ1v) is 5.80. The molecule has 1 aromatic carbocycles. The number of carbonyl (C=O) groups is 1. The molecule has 1 atom stereocenters. The molecule has 0 radical (unpaired) electrons. The zero-order valence-corrected chi connectivity index (χ0v) is 10.7. The Hall–Kier alpha value is -2.16. The molecule has 0 aliphatic carbocycles. The third-order valence-corrected chi connectivity index (χ3v) is 2.55. The van der Waals surface area contributed by atoms with Crippen molar-refractivity contribution in [2.75, 3.05) is 5.32 Å². The van der Waals surface area contributed by atoms with Crippen molar-refractivity contribution in [3.05, 3.63) is 29.3 Å². The molecule has 0 heterocycles. The largest absolute Gasteiger partial charge is 0.374 e. The molecular weight excluding hydrogens is 252 g/mol. The third-order valence-electron chi connectivity index (χ3n) is 2.55. The molecule has 6 heteroatoms. The highest BCUT2D eigenvalue weighted by atomic mass is 19.1. The van der Waals surface area contributed by atoms with Crippen LogP contribution in [0.25, 0.3) is 0 Å². The van der Waals surface area contributed by atoms with Crippen molar-refractivity contribution in [2.45, 2.75) is 26.3 Å². The molecule has 1 aromatic rings. The fraction of sp³-hybridized carbons (Fsp3) is 0.385. The summed E-state index contributed by atoms with van der Waals surface area (Å²) >= 11 is 0. The van der Waals surface area contributed by atoms with Gasteiger partial charge >= 0.3 is 0 Å². The van der Waals surface area contributed by atoms with Crippen LogP contribution in [-0.4, -0.2) is 11.9 Å². The van der Waals surface area contributed by atoms with Gasteiger partial charge < -0.3 is 11.1 Å². The van der Waals surface area contributed by atoms with Crippen LogP contribution in [0, 0.1) is 28.9 Å². The molecule has 0 aliphatic heterocycles. The molecule has 1 amide bonds. The number of nitrogens with two attached hydrogens (primary N) is 1. The van der Waals surface area contributed by atoms with E-state index in [1.807, 2.05) is 13.8 Å². The number of nitrogens with zero attached hydrogens (tertiary/aromatic N) is 1. The van der Waals surface area contributed by atoms with Crippen molar-refractivity contribution in [1.29, 1.82) is 5.26 Å². The summed E-state index contributed by atoms with van der Waals surface area (Å²) in [5, 5.41) is 11.2. The number of halogens is 2. The molecule has 102 valence electrons. The van der Waals surface area contributed by atoms with Crippen molar-refractivity contribution in [3.8, 4) is 6.07 Å². The summed E-state index contributed by atoms with van der Waals surface area (Å²) in [6, 6.07) is 2.65. The van der Waals surface area contributed by atoms with Crippen LogP contribution >= 0.6 is 0 Å². The number of amides is 1. The van der Waals surface area contributed by atoms with Crippen LogP contribution in [0.3, 0.4) is 0 Å². The van der Waals surface area contributed by atoms with E-state index in [1.165, 1.54) is 6.07 Å². The van der Waals surface area contributed by atoms with Gasteiger partial charge in [0.25, 0.3) is 0 Å². The number of anilines is 1. The molecule has 0 saturated carbocycles. The van der Waals surface area contributed by atoms with Gasteiger partial charge in [0.15, 0.2) is 0 Å². The highest BCUT2D eigenvalue weighted by Gasteiger charge is 2.18. The van der Waals surface area contributed by atoms with E-state index in [0.717, 1.165) is 12.1 Å². The first-order chi connectivity index (χ1) is 8.85. The fourth-order valence-electron chi connectivity index (χ4n) is 1.68. The van der Waals surface area contributed by atoms with Crippen LogP contribution in [0.4, 0.5) is 14.5 Å². The zero-order valence-electron chi connectivity index (χ0n) is 10.7. The van der Waals surface area contributed by atoms with Gasteiger partial charge in [-0.15, -0.1) is 0 Å². The molecule has 4 nitrogen and oxygen atoms in total. The van der Waals surface area contributed by atoms with Gasteiger partial charge in [0.2, 0.25) is 5.91 Å². The Morgan fingerprint density at radius 2 is 1.95 bits per heavy atom. The molecular formula is C13H15F2N3O. The van der Waals surface area contributed by atoms with E-state index in [-0.39, 0.29) is 11.6 Å². The Kier molecular flexibility index (Phi) is 4.81. The van der Waals surface area contributed by atoms with Crippen LogP contribution in [0.1, 0.15) is 25.8 Å². The van der Waals surface area contributed by atoms with Crippen molar-refractivity contribution in [2.24, 2.45) is 11.7 Å². The van der Waals surface area contributed by atoms with Crippen LogP contribution in [-0.2, 0) is 4.79 Å². The van der Waals surface area contributed by atoms with Gasteiger partial charge in [0.1, 0.15) is 29.3 Å². The van der Waals surface area contributed by atoms with Crippen molar-refractivity contribution in [1.82, 2.24) is 0 Å². The molecule has 19 heavy (non-hydrogen) atoms. The fourth-order valence-corrected chi connectivity index (χ4v) is 1.68. The van der Waals surface area contributed by atoms with Gasteiger partial charge in [-0.2, -0.15) is 5.26 Å². The summed E-state index contributed by atoms with van der Waals surface area (Å²) in [6.45, 7) is 3.80. The molecule has 0 aliphatic rings. The van der Waals surface area contributed by atoms with Gasteiger partial charge in [0, 0.05) is 5.69 Å². The average molecular weight is 267 g/mol. The monoisotopic (exact) mass is 267 g/mol. The second kappa shape index (κ2) is 6.14. The lowest BCUT2D eigenvalue weighted by molar-refractivity contribution is -0.119. The van der Waals surface area contributed by atoms with Crippen LogP contribution in [0.2, 0.25) is 0 Å². The van der Waals surface area contributed by atoms with Gasteiger partial charge in [-0.3, -0.25) is 4.79 Å². The smallest absolute Gasteiger partial charge is 0.239 e. The number of rotatable bonds is 5. The lowest BCUT2D eigenvalue weighted by Gasteiger charge is -2.18. The maximum atomic E-state index is 13.4. The molecule has 0 spiro atoms. The van der Waals surface area contributed by atoms with E-state index in [4.69, 9.17) is 11.0 Å². The normalized spacial score (nSPS) is 12.0. The number of hydrogen-bond donors (Lipinski definition) is 2. The SMILES string of the molecule is CC(C)CC(Nc1cc(F)c(C#N)c(F)c1)C(N)=O. The van der Waals surface area contributed by atoms with E-state index in [1.54, 1.807) is 0 Å². The minimum absolute atomic E-state index is 0.0819. The van der Waals surface area contributed by atoms with E-state index in [9.17, 15) is 13.6 Å². The van der Waals surface area contributed by atoms with Crippen LogP contribution in [0.15, 0.2) is 12.1 Å². The van der Waals surface area contributed by atoms with Gasteiger partial charge in [0.05, 0.1) is 0 Å². The number of nitrogens with one attached hydrogen (secondary N) is 1. The lowest BCUT2D eigenvalue weighted by Crippen LogP contribution is -2.36. The minimum atomic E-state index is -0.974. The Bertz CT molecular complexity index is 500. The summed E-state index contributed by atoms with van der Waals surface area (Å²) in [5.74, 6) is -2.35. The van der Waals surface area contributed by atoms with Gasteiger partial charge in [-0.1, -0.05) is 13.8 Å². The molecule has 1 unspecified atom stereocenters. The number of primary amides is 1. The summed E-state index contributed by atoms with van der Waals surface area (Å²) in [4.78, 5) is 11.3. The van der Waals surface area contributed by atoms with E-state index < -0.39 is 29.1 Å². The molecule has 1 rings (SSSR count). The number of carbonyl (C=O) groups excluding carboxylic acids is 1. The third kappa shape index (κ3) is 3.91. The average Bonchev–Trinajstić information content (AvgIpc) is 2.27. The van der Waals surface area contributed by atoms with E-state index >= 15 is 0 Å². The summed E-state index contributed by atoms with van der Waals surface area (Å²) < 4.78 is 26.8. The van der Waals surface area contributed by atoms with Gasteiger partial charge in [-0.25, -0.2) is 8.78 Å². The summed E-state index contributed by atoms with van der Waals surface area (Å²) in [5.41, 5.74) is 4.66. The van der Waals surface area contributed by atoms with Crippen molar-refractivity contribution < 1.29 is 13.6 Å². The number of hydrogen-bond acceptors (Lipinski definition) is 3. The second-order valence-electron chi connectivity index (χ2n) is 4.66. The summed E-state index contributed by atoms with van der Waals surface area (Å²) in [7, 11) is 0. The topological polar surface area (TPSA) is 78.9 Å². The number of benzene rings is 1. The predicted octanol–water partition coefficient (Wildman–Crippen LogP) is 2.15. The number of nitriles is 1.